The number of ether oxygens (including phenoxy) is 2. The minimum atomic E-state index is -0.441. The second-order valence-corrected chi connectivity index (χ2v) is 7.66. The van der Waals surface area contributed by atoms with Crippen LogP contribution in [0.2, 0.25) is 0 Å². The predicted molar refractivity (Wildman–Crippen MR) is 104 cm³/mol. The van der Waals surface area contributed by atoms with Crippen LogP contribution in [0.3, 0.4) is 0 Å². The Morgan fingerprint density at radius 2 is 1.85 bits per heavy atom. The van der Waals surface area contributed by atoms with Crippen LogP contribution < -0.4 is 9.64 Å². The Balaban J connectivity index is 1.59. The summed E-state index contributed by atoms with van der Waals surface area (Å²) < 4.78 is 10.8. The summed E-state index contributed by atoms with van der Waals surface area (Å²) in [6.45, 7) is 4.47. The Labute approximate surface area is 158 Å². The number of aliphatic hydroxyl groups excluding tert-OH is 1. The van der Waals surface area contributed by atoms with Gasteiger partial charge in [0.2, 0.25) is 0 Å². The fraction of sp³-hybridized carbons (Fsp3) is 0.400. The van der Waals surface area contributed by atoms with Crippen LogP contribution in [0, 0.1) is 0 Å². The summed E-state index contributed by atoms with van der Waals surface area (Å²) >= 11 is 1.76. The van der Waals surface area contributed by atoms with Crippen LogP contribution in [-0.2, 0) is 4.74 Å². The number of para-hydroxylation sites is 1. The Bertz CT molecular complexity index is 764. The molecule has 0 amide bonds. The zero-order chi connectivity index (χ0) is 17.9. The third-order valence-electron chi connectivity index (χ3n) is 4.80. The number of rotatable bonds is 5. The highest BCUT2D eigenvalue weighted by molar-refractivity contribution is 7.99. The minimum Gasteiger partial charge on any atom is -0.497 e. The van der Waals surface area contributed by atoms with E-state index >= 15 is 0 Å². The molecule has 0 aliphatic carbocycles. The monoisotopic (exact) mass is 372 g/mol. The second kappa shape index (κ2) is 7.88. The standard InChI is InChI=1S/C20H24N2O3S/c1-24-16-6-7-20-18(12-16)22(17-4-2-3-5-19(17)26-20)14-15(23)13-21-8-10-25-11-9-21/h2-7,12,15,23H,8-11,13-14H2,1H3. The lowest BCUT2D eigenvalue weighted by atomic mass is 10.2. The molecule has 6 heteroatoms. The van der Waals surface area contributed by atoms with Gasteiger partial charge in [0, 0.05) is 35.5 Å². The van der Waals surface area contributed by atoms with Crippen molar-refractivity contribution < 1.29 is 14.6 Å². The molecule has 0 bridgehead atoms. The molecule has 0 spiro atoms. The first-order chi connectivity index (χ1) is 12.7. The first-order valence-electron chi connectivity index (χ1n) is 8.95. The predicted octanol–water partition coefficient (Wildman–Crippen LogP) is 2.99. The van der Waals surface area contributed by atoms with Crippen molar-refractivity contribution >= 4 is 23.1 Å². The lowest BCUT2D eigenvalue weighted by Crippen LogP contribution is -2.44. The molecule has 2 heterocycles. The summed E-state index contributed by atoms with van der Waals surface area (Å²) in [4.78, 5) is 6.88. The van der Waals surface area contributed by atoms with E-state index < -0.39 is 6.10 Å². The molecule has 2 aliphatic heterocycles. The topological polar surface area (TPSA) is 45.2 Å². The van der Waals surface area contributed by atoms with Crippen molar-refractivity contribution in [1.29, 1.82) is 0 Å². The molecule has 0 saturated carbocycles. The van der Waals surface area contributed by atoms with E-state index in [2.05, 4.69) is 40.1 Å². The molecular formula is C20H24N2O3S. The Kier molecular flexibility index (Phi) is 5.36. The molecule has 4 rings (SSSR count). The second-order valence-electron chi connectivity index (χ2n) is 6.58. The number of fused-ring (bicyclic) bond motifs is 2. The lowest BCUT2D eigenvalue weighted by molar-refractivity contribution is 0.0164. The van der Waals surface area contributed by atoms with E-state index in [0.717, 1.165) is 43.4 Å². The highest BCUT2D eigenvalue weighted by atomic mass is 32.2. The van der Waals surface area contributed by atoms with Crippen LogP contribution >= 0.6 is 11.8 Å². The lowest BCUT2D eigenvalue weighted by Gasteiger charge is -2.36. The molecule has 2 aromatic rings. The number of nitrogens with zero attached hydrogens (tertiary/aromatic N) is 2. The van der Waals surface area contributed by atoms with E-state index in [9.17, 15) is 5.11 Å². The molecule has 1 saturated heterocycles. The Morgan fingerprint density at radius 1 is 1.08 bits per heavy atom. The van der Waals surface area contributed by atoms with Gasteiger partial charge in [0.05, 0.1) is 44.3 Å². The minimum absolute atomic E-state index is 0.441. The summed E-state index contributed by atoms with van der Waals surface area (Å²) in [5.74, 6) is 0.830. The molecule has 2 aromatic carbocycles. The van der Waals surface area contributed by atoms with E-state index in [1.165, 1.54) is 9.79 Å². The Morgan fingerprint density at radius 3 is 2.65 bits per heavy atom. The maximum atomic E-state index is 10.8. The first kappa shape index (κ1) is 17.7. The Hall–Kier alpha value is -1.73. The summed E-state index contributed by atoms with van der Waals surface area (Å²) in [6, 6.07) is 14.5. The smallest absolute Gasteiger partial charge is 0.121 e. The van der Waals surface area contributed by atoms with Crippen LogP contribution in [0.15, 0.2) is 52.3 Å². The highest BCUT2D eigenvalue weighted by Gasteiger charge is 2.26. The number of aliphatic hydroxyl groups is 1. The van der Waals surface area contributed by atoms with E-state index in [0.29, 0.717) is 13.1 Å². The third-order valence-corrected chi connectivity index (χ3v) is 5.93. The van der Waals surface area contributed by atoms with Gasteiger partial charge in [-0.15, -0.1) is 0 Å². The molecule has 5 nitrogen and oxygen atoms in total. The van der Waals surface area contributed by atoms with Gasteiger partial charge in [-0.3, -0.25) is 4.90 Å². The molecule has 2 aliphatic rings. The van der Waals surface area contributed by atoms with Gasteiger partial charge in [-0.25, -0.2) is 0 Å². The van der Waals surface area contributed by atoms with Gasteiger partial charge < -0.3 is 19.5 Å². The van der Waals surface area contributed by atoms with Crippen molar-refractivity contribution in [3.63, 3.8) is 0 Å². The van der Waals surface area contributed by atoms with Crippen LogP contribution in [0.1, 0.15) is 0 Å². The molecular weight excluding hydrogens is 348 g/mol. The largest absolute Gasteiger partial charge is 0.497 e. The van der Waals surface area contributed by atoms with E-state index in [4.69, 9.17) is 9.47 Å². The molecule has 1 atom stereocenters. The molecule has 0 aromatic heterocycles. The molecule has 138 valence electrons. The van der Waals surface area contributed by atoms with Gasteiger partial charge in [0.1, 0.15) is 5.75 Å². The number of hydrogen-bond donors (Lipinski definition) is 1. The van der Waals surface area contributed by atoms with E-state index in [1.807, 2.05) is 12.1 Å². The zero-order valence-electron chi connectivity index (χ0n) is 14.9. The van der Waals surface area contributed by atoms with Crippen LogP contribution in [0.5, 0.6) is 5.75 Å². The van der Waals surface area contributed by atoms with E-state index in [1.54, 1.807) is 18.9 Å². The third kappa shape index (κ3) is 3.69. The molecule has 26 heavy (non-hydrogen) atoms. The van der Waals surface area contributed by atoms with Gasteiger partial charge in [-0.1, -0.05) is 23.9 Å². The fourth-order valence-corrected chi connectivity index (χ4v) is 4.56. The van der Waals surface area contributed by atoms with Crippen molar-refractivity contribution in [2.75, 3.05) is 51.4 Å². The van der Waals surface area contributed by atoms with Crippen molar-refractivity contribution in [2.24, 2.45) is 0 Å². The summed E-state index contributed by atoms with van der Waals surface area (Å²) in [5.41, 5.74) is 2.23. The highest BCUT2D eigenvalue weighted by Crippen LogP contribution is 2.49. The van der Waals surface area contributed by atoms with Crippen molar-refractivity contribution in [3.8, 4) is 5.75 Å². The number of hydrogen-bond acceptors (Lipinski definition) is 6. The molecule has 1 fully saturated rings. The number of methoxy groups -OCH3 is 1. The first-order valence-corrected chi connectivity index (χ1v) is 9.77. The van der Waals surface area contributed by atoms with Gasteiger partial charge in [-0.05, 0) is 24.3 Å². The van der Waals surface area contributed by atoms with Gasteiger partial charge >= 0.3 is 0 Å². The number of benzene rings is 2. The normalized spacial score (nSPS) is 18.2. The van der Waals surface area contributed by atoms with Crippen molar-refractivity contribution in [3.05, 3.63) is 42.5 Å². The van der Waals surface area contributed by atoms with Crippen molar-refractivity contribution in [2.45, 2.75) is 15.9 Å². The van der Waals surface area contributed by atoms with Crippen LogP contribution in [0.4, 0.5) is 11.4 Å². The molecule has 1 unspecified atom stereocenters. The quantitative estimate of drug-likeness (QED) is 0.871. The average Bonchev–Trinajstić information content (AvgIpc) is 2.68. The maximum Gasteiger partial charge on any atom is 0.121 e. The summed E-state index contributed by atoms with van der Waals surface area (Å²) in [6.07, 6.45) is -0.441. The maximum absolute atomic E-state index is 10.8. The average molecular weight is 372 g/mol. The molecule has 0 radical (unpaired) electrons. The summed E-state index contributed by atoms with van der Waals surface area (Å²) in [7, 11) is 1.68. The summed E-state index contributed by atoms with van der Waals surface area (Å²) in [5, 5.41) is 10.8. The van der Waals surface area contributed by atoms with Gasteiger partial charge in [0.25, 0.3) is 0 Å². The van der Waals surface area contributed by atoms with Gasteiger partial charge in [-0.2, -0.15) is 0 Å². The number of β-amino-alcohol motifs (C(OH)–C–C–N with tert-alkyl or cyclic N) is 1. The zero-order valence-corrected chi connectivity index (χ0v) is 15.7. The molecule has 1 N–H and O–H groups in total. The van der Waals surface area contributed by atoms with Crippen molar-refractivity contribution in [1.82, 2.24) is 4.90 Å². The SMILES string of the molecule is COc1ccc2c(c1)N(CC(O)CN1CCOCC1)c1ccccc1S2. The van der Waals surface area contributed by atoms with Gasteiger partial charge in [0.15, 0.2) is 0 Å². The van der Waals surface area contributed by atoms with Crippen LogP contribution in [-0.4, -0.2) is 62.6 Å². The van der Waals surface area contributed by atoms with E-state index in [-0.39, 0.29) is 0 Å². The number of morpholine rings is 1. The number of anilines is 2. The van der Waals surface area contributed by atoms with Crippen LogP contribution in [0.25, 0.3) is 0 Å². The fourth-order valence-electron chi connectivity index (χ4n) is 3.48.